The van der Waals surface area contributed by atoms with E-state index in [1.807, 2.05) is 103 Å². The highest BCUT2D eigenvalue weighted by atomic mass is 35.5. The van der Waals surface area contributed by atoms with Gasteiger partial charge in [-0.05, 0) is 77.9 Å². The fraction of sp³-hybridized carbons (Fsp3) is 0.170. The quantitative estimate of drug-likeness (QED) is 0.118. The number of hydrogen-bond donors (Lipinski definition) is 0. The van der Waals surface area contributed by atoms with E-state index in [1.54, 1.807) is 41.1 Å². The average molecular weight is 827 g/mol. The highest BCUT2D eigenvalue weighted by molar-refractivity contribution is 6.17. The summed E-state index contributed by atoms with van der Waals surface area (Å²) in [6.07, 6.45) is 6.45. The molecule has 8 rings (SSSR count). The summed E-state index contributed by atoms with van der Waals surface area (Å²) in [5.41, 5.74) is 11.9. The van der Waals surface area contributed by atoms with Crippen molar-refractivity contribution in [2.24, 2.45) is 0 Å². The maximum absolute atomic E-state index is 6.00. The highest BCUT2D eigenvalue weighted by Crippen LogP contribution is 2.31. The van der Waals surface area contributed by atoms with E-state index in [1.165, 1.54) is 0 Å². The molecule has 59 heavy (non-hydrogen) atoms. The van der Waals surface area contributed by atoms with E-state index in [-0.39, 0.29) is 12.4 Å². The number of imidazole rings is 1. The van der Waals surface area contributed by atoms with E-state index < -0.39 is 0 Å². The molecule has 0 aliphatic rings. The maximum Gasteiger partial charge on any atom is 0.128 e. The lowest BCUT2D eigenvalue weighted by Crippen LogP contribution is -3.00. The minimum absolute atomic E-state index is 0. The van der Waals surface area contributed by atoms with Gasteiger partial charge in [0, 0.05) is 46.5 Å². The number of nitrogens with zero attached hydrogens (tertiary/aromatic N) is 6. The van der Waals surface area contributed by atoms with Gasteiger partial charge in [-0.2, -0.15) is 0 Å². The number of ether oxygens (including phenoxy) is 4. The van der Waals surface area contributed by atoms with Gasteiger partial charge in [0.15, 0.2) is 0 Å². The zero-order valence-corrected chi connectivity index (χ0v) is 34.7. The van der Waals surface area contributed by atoms with Crippen molar-refractivity contribution in [3.63, 3.8) is 0 Å². The third-order valence-electron chi connectivity index (χ3n) is 9.69. The Hall–Kier alpha value is -6.49. The topological polar surface area (TPSA) is 106 Å². The zero-order chi connectivity index (χ0) is 40.3. The van der Waals surface area contributed by atoms with Crippen LogP contribution in [0.3, 0.4) is 0 Å². The summed E-state index contributed by atoms with van der Waals surface area (Å²) >= 11 is 6.00. The fourth-order valence-corrected chi connectivity index (χ4v) is 7.05. The average Bonchev–Trinajstić information content (AvgIpc) is 3.69. The maximum atomic E-state index is 6.00. The lowest BCUT2D eigenvalue weighted by atomic mass is 10.0. The molecule has 3 heterocycles. The van der Waals surface area contributed by atoms with Crippen molar-refractivity contribution in [1.29, 1.82) is 0 Å². The van der Waals surface area contributed by atoms with Crippen molar-refractivity contribution in [1.82, 2.24) is 29.5 Å². The molecule has 8 aromatic rings. The number of para-hydroxylation sites is 4. The van der Waals surface area contributed by atoms with Gasteiger partial charge >= 0.3 is 0 Å². The second kappa shape index (κ2) is 20.3. The van der Waals surface area contributed by atoms with Crippen molar-refractivity contribution in [2.75, 3.05) is 28.4 Å². The minimum Gasteiger partial charge on any atom is -1.00 e. The number of fused-ring (bicyclic) bond motifs is 1. The normalized spacial score (nSPS) is 10.6. The Morgan fingerprint density at radius 3 is 1.54 bits per heavy atom. The molecule has 5 aromatic carbocycles. The van der Waals surface area contributed by atoms with E-state index in [9.17, 15) is 0 Å². The number of methoxy groups -OCH3 is 4. The fourth-order valence-electron chi connectivity index (χ4n) is 6.85. The number of aromatic nitrogens is 6. The van der Waals surface area contributed by atoms with Crippen molar-refractivity contribution in [3.05, 3.63) is 174 Å². The number of hydrogen-bond acceptors (Lipinski definition) is 9. The van der Waals surface area contributed by atoms with Crippen LogP contribution in [0.4, 0.5) is 0 Å². The smallest absolute Gasteiger partial charge is 0.128 e. The van der Waals surface area contributed by atoms with Crippen LogP contribution in [0.25, 0.3) is 33.5 Å². The first kappa shape index (κ1) is 42.1. The van der Waals surface area contributed by atoms with Crippen molar-refractivity contribution in [3.8, 4) is 45.5 Å². The van der Waals surface area contributed by atoms with E-state index >= 15 is 0 Å². The summed E-state index contributed by atoms with van der Waals surface area (Å²) in [6, 6.07) is 40.1. The van der Waals surface area contributed by atoms with Crippen LogP contribution >= 0.6 is 11.6 Å². The molecule has 0 spiro atoms. The molecular weight excluding hydrogens is 783 g/mol. The molecule has 0 saturated heterocycles. The first-order valence-corrected chi connectivity index (χ1v) is 19.2. The first-order chi connectivity index (χ1) is 28.5. The third-order valence-corrected chi connectivity index (χ3v) is 9.97. The van der Waals surface area contributed by atoms with E-state index in [0.29, 0.717) is 25.3 Å². The molecule has 0 aliphatic carbocycles. The predicted octanol–water partition coefficient (Wildman–Crippen LogP) is 6.64. The molecule has 0 fully saturated rings. The van der Waals surface area contributed by atoms with Gasteiger partial charge in [-0.3, -0.25) is 0 Å². The Morgan fingerprint density at radius 1 is 0.508 bits per heavy atom. The van der Waals surface area contributed by atoms with Crippen molar-refractivity contribution >= 4 is 22.6 Å². The molecule has 12 heteroatoms. The van der Waals surface area contributed by atoms with Crippen LogP contribution in [-0.4, -0.2) is 57.9 Å². The van der Waals surface area contributed by atoms with Gasteiger partial charge in [0.05, 0.1) is 69.6 Å². The monoisotopic (exact) mass is 825 g/mol. The van der Waals surface area contributed by atoms with Gasteiger partial charge in [-0.25, -0.2) is 24.9 Å². The van der Waals surface area contributed by atoms with Crippen LogP contribution in [-0.2, 0) is 25.3 Å². The largest absolute Gasteiger partial charge is 1.00 e. The molecule has 0 N–H and O–H groups in total. The number of benzene rings is 5. The second-order valence-corrected chi connectivity index (χ2v) is 13.6. The number of rotatable bonds is 13. The molecular formula is C47H43Cl2N6O4-. The van der Waals surface area contributed by atoms with Gasteiger partial charge in [0.25, 0.3) is 0 Å². The summed E-state index contributed by atoms with van der Waals surface area (Å²) in [7, 11) is 6.68. The van der Waals surface area contributed by atoms with Gasteiger partial charge in [-0.15, -0.1) is 11.6 Å². The highest BCUT2D eigenvalue weighted by Gasteiger charge is 2.13. The zero-order valence-electron chi connectivity index (χ0n) is 33.2. The lowest BCUT2D eigenvalue weighted by Gasteiger charge is -2.13. The minimum atomic E-state index is 0. The number of alkyl halides is 1. The Kier molecular flexibility index (Phi) is 14.5. The predicted molar refractivity (Wildman–Crippen MR) is 228 cm³/mol. The molecule has 0 radical (unpaired) electrons. The molecule has 10 nitrogen and oxygen atoms in total. The van der Waals surface area contributed by atoms with Crippen molar-refractivity contribution < 1.29 is 31.4 Å². The molecule has 0 atom stereocenters. The summed E-state index contributed by atoms with van der Waals surface area (Å²) in [5, 5.41) is 0. The van der Waals surface area contributed by atoms with Crippen LogP contribution in [0, 0.1) is 0 Å². The molecule has 0 unspecified atom stereocenters. The molecule has 0 saturated carbocycles. The summed E-state index contributed by atoms with van der Waals surface area (Å²) in [5.74, 6) is 3.65. The summed E-state index contributed by atoms with van der Waals surface area (Å²) in [4.78, 5) is 22.3. The van der Waals surface area contributed by atoms with Crippen LogP contribution in [0.1, 0.15) is 33.6 Å². The second-order valence-electron chi connectivity index (χ2n) is 13.3. The van der Waals surface area contributed by atoms with Gasteiger partial charge in [-0.1, -0.05) is 54.6 Å². The van der Waals surface area contributed by atoms with Crippen molar-refractivity contribution in [2.45, 2.75) is 25.3 Å². The Labute approximate surface area is 355 Å². The SMILES string of the molecule is COc1ccc(Cc2cc(-c3ccccc3OC)ncn2)cc1CCl.COc1ccc(Cc2cc(-c3ccccc3OC)ncn2)cc1Cn1cnc2ccccc21.[Cl-]. The van der Waals surface area contributed by atoms with Crippen LogP contribution in [0.5, 0.6) is 23.0 Å². The van der Waals surface area contributed by atoms with Gasteiger partial charge in [0.2, 0.25) is 0 Å². The lowest BCUT2D eigenvalue weighted by molar-refractivity contribution is -0.0000130. The molecule has 300 valence electrons. The van der Waals surface area contributed by atoms with Crippen LogP contribution < -0.4 is 31.4 Å². The van der Waals surface area contributed by atoms with Crippen LogP contribution in [0.2, 0.25) is 0 Å². The van der Waals surface area contributed by atoms with E-state index in [0.717, 1.165) is 90.2 Å². The summed E-state index contributed by atoms with van der Waals surface area (Å²) < 4.78 is 24.0. The van der Waals surface area contributed by atoms with E-state index in [4.69, 9.17) is 30.5 Å². The van der Waals surface area contributed by atoms with Gasteiger partial charge < -0.3 is 35.9 Å². The molecule has 0 bridgehead atoms. The Bertz CT molecular complexity index is 2640. The Balaban J connectivity index is 0.000000203. The summed E-state index contributed by atoms with van der Waals surface area (Å²) in [6.45, 7) is 0.674. The molecule has 3 aromatic heterocycles. The van der Waals surface area contributed by atoms with Gasteiger partial charge in [0.1, 0.15) is 35.7 Å². The molecule has 0 aliphatic heterocycles. The first-order valence-electron chi connectivity index (χ1n) is 18.7. The Morgan fingerprint density at radius 2 is 1.00 bits per heavy atom. The number of halogens is 2. The van der Waals surface area contributed by atoms with E-state index in [2.05, 4.69) is 53.8 Å². The van der Waals surface area contributed by atoms with Crippen LogP contribution in [0.15, 0.2) is 140 Å². The third kappa shape index (κ3) is 10.2. The standard InChI is InChI=1S/C27H24N4O2.C20H19ClN2O2.ClH/c1-32-26-12-11-19(13-20(26)16-31-18-30-23-8-4-5-9-25(23)31)14-21-15-24(29-17-28-21)22-7-3-6-10-27(22)33-2;1-24-19-8-7-14(9-15(19)12-21)10-16-11-18(23-13-22-16)17-5-3-4-6-20(17)25-2;/h3-13,15,17-18H,14,16H2,1-2H3;3-9,11,13H,10,12H2,1-2H3;1H/p-1. The molecule has 0 amide bonds.